The zero-order chi connectivity index (χ0) is 21.4. The summed E-state index contributed by atoms with van der Waals surface area (Å²) in [5.41, 5.74) is 1.59. The SMILES string of the molecule is COc1ccc(CCC(=O)O[C@@H](C)C(=O)Nc2ccc(C#N)c(Cl)c2)cc1OC. The van der Waals surface area contributed by atoms with Crippen LogP contribution in [0.5, 0.6) is 11.5 Å². The number of methoxy groups -OCH3 is 2. The molecule has 0 radical (unpaired) electrons. The van der Waals surface area contributed by atoms with Crippen LogP contribution < -0.4 is 14.8 Å². The van der Waals surface area contributed by atoms with E-state index in [1.807, 2.05) is 12.1 Å². The van der Waals surface area contributed by atoms with Gasteiger partial charge < -0.3 is 19.5 Å². The Morgan fingerprint density at radius 3 is 2.48 bits per heavy atom. The molecule has 0 aliphatic heterocycles. The summed E-state index contributed by atoms with van der Waals surface area (Å²) >= 11 is 5.94. The second-order valence-corrected chi connectivity index (χ2v) is 6.52. The van der Waals surface area contributed by atoms with E-state index in [2.05, 4.69) is 5.32 Å². The number of ether oxygens (including phenoxy) is 3. The number of halogens is 1. The molecule has 0 saturated heterocycles. The fourth-order valence-electron chi connectivity index (χ4n) is 2.52. The van der Waals surface area contributed by atoms with Gasteiger partial charge >= 0.3 is 5.97 Å². The van der Waals surface area contributed by atoms with Gasteiger partial charge in [0.25, 0.3) is 5.91 Å². The Bertz CT molecular complexity index is 939. The number of aryl methyl sites for hydroxylation is 1. The molecule has 7 nitrogen and oxygen atoms in total. The van der Waals surface area contributed by atoms with E-state index in [1.54, 1.807) is 25.3 Å². The van der Waals surface area contributed by atoms with E-state index >= 15 is 0 Å². The Hall–Kier alpha value is -3.24. The predicted octanol–water partition coefficient (Wildman–Crippen LogP) is 3.73. The van der Waals surface area contributed by atoms with Gasteiger partial charge in [-0.25, -0.2) is 0 Å². The Kier molecular flexibility index (Phi) is 7.87. The van der Waals surface area contributed by atoms with Crippen molar-refractivity contribution in [2.45, 2.75) is 25.9 Å². The summed E-state index contributed by atoms with van der Waals surface area (Å²) in [5, 5.41) is 11.7. The molecule has 0 aromatic heterocycles. The van der Waals surface area contributed by atoms with Gasteiger partial charge in [0, 0.05) is 12.1 Å². The summed E-state index contributed by atoms with van der Waals surface area (Å²) < 4.78 is 15.6. The zero-order valence-corrected chi connectivity index (χ0v) is 17.1. The molecule has 0 aliphatic rings. The van der Waals surface area contributed by atoms with Crippen molar-refractivity contribution in [2.24, 2.45) is 0 Å². The number of carbonyl (C=O) groups is 2. The minimum Gasteiger partial charge on any atom is -0.493 e. The monoisotopic (exact) mass is 416 g/mol. The summed E-state index contributed by atoms with van der Waals surface area (Å²) in [6.07, 6.45) is -0.448. The van der Waals surface area contributed by atoms with E-state index in [1.165, 1.54) is 26.2 Å². The van der Waals surface area contributed by atoms with Crippen LogP contribution in [0, 0.1) is 11.3 Å². The second kappa shape index (κ2) is 10.3. The van der Waals surface area contributed by atoms with Crippen molar-refractivity contribution in [3.05, 3.63) is 52.5 Å². The highest BCUT2D eigenvalue weighted by Gasteiger charge is 2.18. The van der Waals surface area contributed by atoms with Crippen LogP contribution in [0.25, 0.3) is 0 Å². The number of anilines is 1. The van der Waals surface area contributed by atoms with Gasteiger partial charge in [-0.1, -0.05) is 17.7 Å². The highest BCUT2D eigenvalue weighted by Crippen LogP contribution is 2.28. The molecule has 0 aliphatic carbocycles. The Morgan fingerprint density at radius 2 is 1.86 bits per heavy atom. The first-order valence-corrected chi connectivity index (χ1v) is 9.16. The van der Waals surface area contributed by atoms with Gasteiger partial charge in [0.05, 0.1) is 24.8 Å². The maximum absolute atomic E-state index is 12.2. The number of benzene rings is 2. The average Bonchev–Trinajstić information content (AvgIpc) is 2.72. The smallest absolute Gasteiger partial charge is 0.306 e. The average molecular weight is 417 g/mol. The van der Waals surface area contributed by atoms with Crippen LogP contribution in [0.2, 0.25) is 5.02 Å². The van der Waals surface area contributed by atoms with E-state index < -0.39 is 18.0 Å². The highest BCUT2D eigenvalue weighted by atomic mass is 35.5. The quantitative estimate of drug-likeness (QED) is 0.658. The summed E-state index contributed by atoms with van der Waals surface area (Å²) in [5.74, 6) is 0.185. The molecule has 1 amide bonds. The van der Waals surface area contributed by atoms with Crippen LogP contribution in [0.1, 0.15) is 24.5 Å². The Balaban J connectivity index is 1.87. The van der Waals surface area contributed by atoms with Crippen molar-refractivity contribution in [3.8, 4) is 17.6 Å². The van der Waals surface area contributed by atoms with E-state index in [0.717, 1.165) is 5.56 Å². The number of hydrogen-bond acceptors (Lipinski definition) is 6. The fraction of sp³-hybridized carbons (Fsp3) is 0.286. The molecule has 8 heteroatoms. The summed E-state index contributed by atoms with van der Waals surface area (Å²) in [4.78, 5) is 24.3. The fourth-order valence-corrected chi connectivity index (χ4v) is 2.74. The normalized spacial score (nSPS) is 11.1. The van der Waals surface area contributed by atoms with Gasteiger partial charge in [0.2, 0.25) is 0 Å². The predicted molar refractivity (Wildman–Crippen MR) is 108 cm³/mol. The van der Waals surface area contributed by atoms with E-state index in [4.69, 9.17) is 31.1 Å². The molecule has 1 N–H and O–H groups in total. The number of nitriles is 1. The van der Waals surface area contributed by atoms with Gasteiger partial charge in [-0.3, -0.25) is 9.59 Å². The van der Waals surface area contributed by atoms with Gasteiger partial charge in [-0.05, 0) is 49.2 Å². The van der Waals surface area contributed by atoms with Crippen molar-refractivity contribution in [2.75, 3.05) is 19.5 Å². The number of amides is 1. The van der Waals surface area contributed by atoms with Crippen LogP contribution >= 0.6 is 11.6 Å². The van der Waals surface area contributed by atoms with Gasteiger partial charge in [-0.2, -0.15) is 5.26 Å². The molecule has 152 valence electrons. The second-order valence-electron chi connectivity index (χ2n) is 6.12. The van der Waals surface area contributed by atoms with Crippen molar-refractivity contribution in [1.29, 1.82) is 5.26 Å². The molecule has 2 rings (SSSR count). The molecule has 0 heterocycles. The van der Waals surface area contributed by atoms with Gasteiger partial charge in [0.1, 0.15) is 6.07 Å². The molecular weight excluding hydrogens is 396 g/mol. The van der Waals surface area contributed by atoms with Crippen molar-refractivity contribution >= 4 is 29.2 Å². The lowest BCUT2D eigenvalue weighted by atomic mass is 10.1. The third-order valence-corrected chi connectivity index (χ3v) is 4.41. The Morgan fingerprint density at radius 1 is 1.14 bits per heavy atom. The minimum atomic E-state index is -0.984. The van der Waals surface area contributed by atoms with Crippen molar-refractivity contribution in [1.82, 2.24) is 0 Å². The molecule has 0 spiro atoms. The van der Waals surface area contributed by atoms with Crippen molar-refractivity contribution < 1.29 is 23.8 Å². The third-order valence-electron chi connectivity index (χ3n) is 4.10. The Labute approximate surface area is 174 Å². The number of carbonyl (C=O) groups excluding carboxylic acids is 2. The van der Waals surface area contributed by atoms with Gasteiger partial charge in [-0.15, -0.1) is 0 Å². The molecule has 29 heavy (non-hydrogen) atoms. The van der Waals surface area contributed by atoms with Crippen molar-refractivity contribution in [3.63, 3.8) is 0 Å². The van der Waals surface area contributed by atoms with E-state index in [0.29, 0.717) is 29.2 Å². The molecule has 2 aromatic rings. The van der Waals surface area contributed by atoms with Crippen LogP contribution in [0.15, 0.2) is 36.4 Å². The van der Waals surface area contributed by atoms with E-state index in [9.17, 15) is 9.59 Å². The highest BCUT2D eigenvalue weighted by molar-refractivity contribution is 6.32. The van der Waals surface area contributed by atoms with Crippen LogP contribution in [0.3, 0.4) is 0 Å². The van der Waals surface area contributed by atoms with Crippen LogP contribution in [-0.4, -0.2) is 32.2 Å². The first kappa shape index (κ1) is 22.1. The number of rotatable bonds is 8. The third kappa shape index (κ3) is 6.13. The zero-order valence-electron chi connectivity index (χ0n) is 16.3. The number of nitrogens with one attached hydrogen (secondary N) is 1. The lowest BCUT2D eigenvalue weighted by molar-refractivity contribution is -0.153. The molecule has 0 unspecified atom stereocenters. The first-order valence-electron chi connectivity index (χ1n) is 8.78. The molecular formula is C21H21ClN2O5. The summed E-state index contributed by atoms with van der Waals surface area (Å²) in [6.45, 7) is 1.48. The molecule has 0 fully saturated rings. The van der Waals surface area contributed by atoms with Gasteiger partial charge in [0.15, 0.2) is 17.6 Å². The lowest BCUT2D eigenvalue weighted by Gasteiger charge is -2.14. The molecule has 1 atom stereocenters. The summed E-state index contributed by atoms with van der Waals surface area (Å²) in [6, 6.07) is 11.8. The minimum absolute atomic E-state index is 0.107. The molecule has 0 bridgehead atoms. The number of hydrogen-bond donors (Lipinski definition) is 1. The lowest BCUT2D eigenvalue weighted by Crippen LogP contribution is -2.30. The van der Waals surface area contributed by atoms with Crippen LogP contribution in [0.4, 0.5) is 5.69 Å². The standard InChI is InChI=1S/C21H21ClN2O5/c1-13(21(26)24-16-7-6-15(12-23)17(22)11-16)29-20(25)9-5-14-4-8-18(27-2)19(10-14)28-3/h4,6-8,10-11,13H,5,9H2,1-3H3,(H,24,26)/t13-/m0/s1. The largest absolute Gasteiger partial charge is 0.493 e. The van der Waals surface area contributed by atoms with Crippen LogP contribution in [-0.2, 0) is 20.7 Å². The molecule has 0 saturated carbocycles. The first-order chi connectivity index (χ1) is 13.9. The number of nitrogens with zero attached hydrogens (tertiary/aromatic N) is 1. The van der Waals surface area contributed by atoms with E-state index in [-0.39, 0.29) is 11.4 Å². The summed E-state index contributed by atoms with van der Waals surface area (Å²) in [7, 11) is 3.09. The maximum atomic E-state index is 12.2. The topological polar surface area (TPSA) is 97.6 Å². The molecule has 2 aromatic carbocycles. The maximum Gasteiger partial charge on any atom is 0.306 e. The number of esters is 1.